The van der Waals surface area contributed by atoms with Gasteiger partial charge in [-0.1, -0.05) is 30.3 Å². The standard InChI is InChI=1S/C27H35FN4O2/c28-21-14-12-20(13-15-21)23-19-25(23)29-16-6-5-11-24(26(33)32-17-7-2-8-18-32)31-27(34)30-22-9-3-1-4-10-22/h1,3-4,9-10,12-15,23-25,29H,2,5-8,11,16-19H2,(H2,30,31,34). The van der Waals surface area contributed by atoms with Crippen molar-refractivity contribution in [1.29, 1.82) is 0 Å². The zero-order valence-electron chi connectivity index (χ0n) is 19.6. The van der Waals surface area contributed by atoms with E-state index in [1.807, 2.05) is 47.4 Å². The van der Waals surface area contributed by atoms with E-state index in [1.54, 1.807) is 0 Å². The van der Waals surface area contributed by atoms with E-state index in [0.29, 0.717) is 24.1 Å². The van der Waals surface area contributed by atoms with Crippen LogP contribution in [0.4, 0.5) is 14.9 Å². The van der Waals surface area contributed by atoms with Crippen molar-refractivity contribution in [1.82, 2.24) is 15.5 Å². The third-order valence-corrected chi connectivity index (χ3v) is 6.72. The summed E-state index contributed by atoms with van der Waals surface area (Å²) in [5.41, 5.74) is 1.88. The highest BCUT2D eigenvalue weighted by Gasteiger charge is 2.37. The minimum absolute atomic E-state index is 0.0226. The van der Waals surface area contributed by atoms with E-state index in [4.69, 9.17) is 0 Å². The number of anilines is 1. The number of amides is 3. The molecule has 3 N–H and O–H groups in total. The summed E-state index contributed by atoms with van der Waals surface area (Å²) in [6, 6.07) is 15.6. The molecule has 0 bridgehead atoms. The molecule has 2 aliphatic rings. The summed E-state index contributed by atoms with van der Waals surface area (Å²) in [6.07, 6.45) is 6.66. The predicted octanol–water partition coefficient (Wildman–Crippen LogP) is 4.64. The molecule has 3 amide bonds. The van der Waals surface area contributed by atoms with Crippen LogP contribution in [0.5, 0.6) is 0 Å². The van der Waals surface area contributed by atoms with E-state index in [0.717, 1.165) is 58.2 Å². The number of nitrogens with zero attached hydrogens (tertiary/aromatic N) is 1. The van der Waals surface area contributed by atoms with Crippen LogP contribution >= 0.6 is 0 Å². The van der Waals surface area contributed by atoms with Crippen LogP contribution < -0.4 is 16.0 Å². The van der Waals surface area contributed by atoms with Gasteiger partial charge in [-0.3, -0.25) is 4.79 Å². The Kier molecular flexibility index (Phi) is 8.52. The maximum Gasteiger partial charge on any atom is 0.319 e. The fraction of sp³-hybridized carbons (Fsp3) is 0.481. The fourth-order valence-corrected chi connectivity index (χ4v) is 4.70. The summed E-state index contributed by atoms with van der Waals surface area (Å²) in [7, 11) is 0. The lowest BCUT2D eigenvalue weighted by Gasteiger charge is -2.31. The number of urea groups is 1. The first-order valence-electron chi connectivity index (χ1n) is 12.5. The summed E-state index contributed by atoms with van der Waals surface area (Å²) in [6.45, 7) is 2.40. The number of piperidine rings is 1. The fourth-order valence-electron chi connectivity index (χ4n) is 4.70. The van der Waals surface area contributed by atoms with Crippen LogP contribution in [-0.4, -0.2) is 48.6 Å². The molecule has 1 aliphatic carbocycles. The third kappa shape index (κ3) is 7.03. The largest absolute Gasteiger partial charge is 0.341 e. The Morgan fingerprint density at radius 2 is 1.71 bits per heavy atom. The lowest BCUT2D eigenvalue weighted by atomic mass is 10.1. The molecule has 1 heterocycles. The van der Waals surface area contributed by atoms with Crippen molar-refractivity contribution in [2.45, 2.75) is 62.9 Å². The molecule has 1 saturated heterocycles. The van der Waals surface area contributed by atoms with Crippen molar-refractivity contribution in [2.24, 2.45) is 0 Å². The zero-order chi connectivity index (χ0) is 23.8. The van der Waals surface area contributed by atoms with E-state index in [-0.39, 0.29) is 17.8 Å². The maximum atomic E-state index is 13.1. The van der Waals surface area contributed by atoms with Crippen LogP contribution in [0, 0.1) is 5.82 Å². The molecular formula is C27H35FN4O2. The Bertz CT molecular complexity index is 931. The SMILES string of the molecule is O=C(Nc1ccccc1)NC(CCCCNC1CC1c1ccc(F)cc1)C(=O)N1CCCCC1. The van der Waals surface area contributed by atoms with Crippen molar-refractivity contribution in [3.8, 4) is 0 Å². The Morgan fingerprint density at radius 3 is 2.44 bits per heavy atom. The Morgan fingerprint density at radius 1 is 0.971 bits per heavy atom. The minimum atomic E-state index is -0.519. The number of hydrogen-bond donors (Lipinski definition) is 3. The number of carbonyl (C=O) groups excluding carboxylic acids is 2. The summed E-state index contributed by atoms with van der Waals surface area (Å²) < 4.78 is 13.1. The Labute approximate surface area is 201 Å². The minimum Gasteiger partial charge on any atom is -0.341 e. The molecule has 34 heavy (non-hydrogen) atoms. The first-order valence-corrected chi connectivity index (χ1v) is 12.5. The second-order valence-corrected chi connectivity index (χ2v) is 9.35. The number of para-hydroxylation sites is 1. The number of likely N-dealkylation sites (tertiary alicyclic amines) is 1. The molecule has 3 atom stereocenters. The van der Waals surface area contributed by atoms with Gasteiger partial charge in [-0.15, -0.1) is 0 Å². The molecular weight excluding hydrogens is 431 g/mol. The van der Waals surface area contributed by atoms with Gasteiger partial charge in [0.15, 0.2) is 0 Å². The first-order chi connectivity index (χ1) is 16.6. The van der Waals surface area contributed by atoms with Crippen LogP contribution in [0.1, 0.15) is 56.4 Å². The molecule has 0 aromatic heterocycles. The number of halogens is 1. The summed E-state index contributed by atoms with van der Waals surface area (Å²) >= 11 is 0. The molecule has 2 aromatic carbocycles. The highest BCUT2D eigenvalue weighted by Crippen LogP contribution is 2.40. The zero-order valence-corrected chi connectivity index (χ0v) is 19.6. The summed E-state index contributed by atoms with van der Waals surface area (Å²) in [5.74, 6) is 0.278. The van der Waals surface area contributed by atoms with Crippen LogP contribution in [0.2, 0.25) is 0 Å². The topological polar surface area (TPSA) is 73.5 Å². The van der Waals surface area contributed by atoms with Crippen LogP contribution in [0.3, 0.4) is 0 Å². The second-order valence-electron chi connectivity index (χ2n) is 9.35. The van der Waals surface area contributed by atoms with Gasteiger partial charge >= 0.3 is 6.03 Å². The van der Waals surface area contributed by atoms with Crippen molar-refractivity contribution in [3.63, 3.8) is 0 Å². The number of carbonyl (C=O) groups is 2. The van der Waals surface area contributed by atoms with Gasteiger partial charge in [0, 0.05) is 30.7 Å². The van der Waals surface area contributed by atoms with Gasteiger partial charge < -0.3 is 20.9 Å². The third-order valence-electron chi connectivity index (χ3n) is 6.72. The Balaban J connectivity index is 1.22. The van der Waals surface area contributed by atoms with Gasteiger partial charge in [0.05, 0.1) is 0 Å². The highest BCUT2D eigenvalue weighted by atomic mass is 19.1. The van der Waals surface area contributed by atoms with Gasteiger partial charge in [-0.05, 0) is 81.3 Å². The van der Waals surface area contributed by atoms with Crippen molar-refractivity contribution < 1.29 is 14.0 Å². The number of rotatable bonds is 10. The lowest BCUT2D eigenvalue weighted by Crippen LogP contribution is -2.51. The molecule has 182 valence electrons. The van der Waals surface area contributed by atoms with E-state index in [9.17, 15) is 14.0 Å². The smallest absolute Gasteiger partial charge is 0.319 e. The summed E-state index contributed by atoms with van der Waals surface area (Å²) in [5, 5.41) is 9.31. The van der Waals surface area contributed by atoms with E-state index >= 15 is 0 Å². The molecule has 0 radical (unpaired) electrons. The monoisotopic (exact) mass is 466 g/mol. The number of hydrogen-bond acceptors (Lipinski definition) is 3. The quantitative estimate of drug-likeness (QED) is 0.447. The second kappa shape index (κ2) is 12.0. The molecule has 1 aliphatic heterocycles. The van der Waals surface area contributed by atoms with Gasteiger partial charge in [-0.25, -0.2) is 9.18 Å². The van der Waals surface area contributed by atoms with Crippen molar-refractivity contribution in [2.75, 3.05) is 25.0 Å². The average Bonchev–Trinajstić information content (AvgIpc) is 3.64. The molecule has 6 nitrogen and oxygen atoms in total. The van der Waals surface area contributed by atoms with Crippen LogP contribution in [0.25, 0.3) is 0 Å². The van der Waals surface area contributed by atoms with Gasteiger partial charge in [-0.2, -0.15) is 0 Å². The number of benzene rings is 2. The number of nitrogens with one attached hydrogen (secondary N) is 3. The maximum absolute atomic E-state index is 13.1. The first kappa shape index (κ1) is 24.2. The average molecular weight is 467 g/mol. The van der Waals surface area contributed by atoms with Gasteiger partial charge in [0.2, 0.25) is 5.91 Å². The van der Waals surface area contributed by atoms with Crippen molar-refractivity contribution in [3.05, 3.63) is 66.0 Å². The normalized spacial score (nSPS) is 20.4. The number of unbranched alkanes of at least 4 members (excludes halogenated alkanes) is 1. The molecule has 1 saturated carbocycles. The molecule has 3 unspecified atom stereocenters. The van der Waals surface area contributed by atoms with Crippen LogP contribution in [-0.2, 0) is 4.79 Å². The lowest BCUT2D eigenvalue weighted by molar-refractivity contribution is -0.134. The molecule has 0 spiro atoms. The predicted molar refractivity (Wildman–Crippen MR) is 132 cm³/mol. The molecule has 4 rings (SSSR count). The van der Waals surface area contributed by atoms with E-state index < -0.39 is 6.04 Å². The van der Waals surface area contributed by atoms with Crippen molar-refractivity contribution >= 4 is 17.6 Å². The van der Waals surface area contributed by atoms with E-state index in [2.05, 4.69) is 16.0 Å². The summed E-state index contributed by atoms with van der Waals surface area (Å²) in [4.78, 5) is 27.6. The van der Waals surface area contributed by atoms with Crippen LogP contribution in [0.15, 0.2) is 54.6 Å². The van der Waals surface area contributed by atoms with Gasteiger partial charge in [0.1, 0.15) is 11.9 Å². The molecule has 7 heteroatoms. The highest BCUT2D eigenvalue weighted by molar-refractivity contribution is 5.93. The van der Waals surface area contributed by atoms with Gasteiger partial charge in [0.25, 0.3) is 0 Å². The molecule has 2 aromatic rings. The molecule has 2 fully saturated rings. The Hall–Kier alpha value is -2.93. The van der Waals surface area contributed by atoms with E-state index in [1.165, 1.54) is 17.7 Å².